The van der Waals surface area contributed by atoms with Crippen molar-refractivity contribution >= 4 is 22.2 Å². The van der Waals surface area contributed by atoms with Gasteiger partial charge in [0.05, 0.1) is 7.11 Å². The average molecular weight is 344 g/mol. The number of rotatable bonds is 5. The molecule has 0 fully saturated rings. The Morgan fingerprint density at radius 3 is 2.58 bits per heavy atom. The summed E-state index contributed by atoms with van der Waals surface area (Å²) in [6.07, 6.45) is 4.77. The lowest BCUT2D eigenvalue weighted by atomic mass is 9.95. The van der Waals surface area contributed by atoms with Crippen molar-refractivity contribution in [2.75, 3.05) is 26.5 Å². The number of nitrogens with zero attached hydrogens (tertiary/aromatic N) is 1. The fourth-order valence-electron chi connectivity index (χ4n) is 3.13. The number of amides is 1. The smallest absolute Gasteiger partial charge is 0.256 e. The van der Waals surface area contributed by atoms with Crippen LogP contribution in [0.5, 0.6) is 5.75 Å². The van der Waals surface area contributed by atoms with Gasteiger partial charge in [0, 0.05) is 22.5 Å². The normalized spacial score (nSPS) is 13.7. The minimum absolute atomic E-state index is 0.0590. The van der Waals surface area contributed by atoms with E-state index in [-0.39, 0.29) is 5.91 Å². The Kier molecular flexibility index (Phi) is 5.21. The van der Waals surface area contributed by atoms with Gasteiger partial charge in [0.25, 0.3) is 5.91 Å². The number of nitrogens with one attached hydrogen (secondary N) is 1. The molecule has 0 spiro atoms. The van der Waals surface area contributed by atoms with Gasteiger partial charge in [-0.15, -0.1) is 11.3 Å². The van der Waals surface area contributed by atoms with Gasteiger partial charge in [-0.2, -0.15) is 0 Å². The van der Waals surface area contributed by atoms with Crippen LogP contribution in [0.2, 0.25) is 0 Å². The molecule has 1 N–H and O–H groups in total. The van der Waals surface area contributed by atoms with Crippen LogP contribution in [-0.2, 0) is 19.4 Å². The number of benzene rings is 1. The van der Waals surface area contributed by atoms with Crippen molar-refractivity contribution in [1.29, 1.82) is 0 Å². The molecular formula is C19H24N2O2S. The highest BCUT2D eigenvalue weighted by Gasteiger charge is 2.22. The van der Waals surface area contributed by atoms with Crippen LogP contribution >= 0.6 is 11.3 Å². The fraction of sp³-hybridized carbons (Fsp3) is 0.421. The summed E-state index contributed by atoms with van der Waals surface area (Å²) in [5.74, 6) is 0.697. The van der Waals surface area contributed by atoms with Crippen molar-refractivity contribution in [2.45, 2.75) is 32.2 Å². The maximum Gasteiger partial charge on any atom is 0.256 e. The number of carbonyl (C=O) groups is 1. The zero-order valence-corrected chi connectivity index (χ0v) is 15.3. The van der Waals surface area contributed by atoms with Crippen LogP contribution in [0.4, 0.5) is 5.00 Å². The number of aryl methyl sites for hydroxylation is 1. The Bertz CT molecular complexity index is 720. The molecule has 2 aromatic rings. The molecule has 128 valence electrons. The summed E-state index contributed by atoms with van der Waals surface area (Å²) >= 11 is 1.75. The van der Waals surface area contributed by atoms with Crippen LogP contribution < -0.4 is 10.1 Å². The van der Waals surface area contributed by atoms with Crippen molar-refractivity contribution in [3.05, 3.63) is 45.8 Å². The number of methoxy groups -OCH3 is 1. The number of anilines is 1. The van der Waals surface area contributed by atoms with Gasteiger partial charge in [-0.05, 0) is 69.6 Å². The first-order chi connectivity index (χ1) is 11.6. The molecule has 0 saturated carbocycles. The van der Waals surface area contributed by atoms with Crippen molar-refractivity contribution in [1.82, 2.24) is 4.90 Å². The molecule has 4 nitrogen and oxygen atoms in total. The molecule has 1 aromatic carbocycles. The Labute approximate surface area is 147 Å². The molecule has 1 aliphatic rings. The summed E-state index contributed by atoms with van der Waals surface area (Å²) in [5.41, 5.74) is 3.41. The van der Waals surface area contributed by atoms with Crippen molar-refractivity contribution in [2.24, 2.45) is 0 Å². The summed E-state index contributed by atoms with van der Waals surface area (Å²) in [4.78, 5) is 16.2. The first-order valence-corrected chi connectivity index (χ1v) is 9.13. The van der Waals surface area contributed by atoms with Gasteiger partial charge < -0.3 is 15.0 Å². The highest BCUT2D eigenvalue weighted by molar-refractivity contribution is 7.16. The molecule has 1 heterocycles. The molecule has 3 rings (SSSR count). The van der Waals surface area contributed by atoms with Crippen molar-refractivity contribution < 1.29 is 9.53 Å². The van der Waals surface area contributed by atoms with E-state index in [1.54, 1.807) is 30.6 Å². The van der Waals surface area contributed by atoms with Gasteiger partial charge in [-0.3, -0.25) is 4.79 Å². The average Bonchev–Trinajstić information content (AvgIpc) is 2.92. The second-order valence-corrected chi connectivity index (χ2v) is 7.54. The second kappa shape index (κ2) is 7.36. The third-order valence-electron chi connectivity index (χ3n) is 4.33. The van der Waals surface area contributed by atoms with E-state index in [4.69, 9.17) is 4.74 Å². The molecular weight excluding hydrogens is 320 g/mol. The van der Waals surface area contributed by atoms with E-state index in [1.807, 2.05) is 12.1 Å². The number of fused-ring (bicyclic) bond motifs is 1. The summed E-state index contributed by atoms with van der Waals surface area (Å²) < 4.78 is 5.15. The standard InChI is InChI=1S/C19H24N2O2S/c1-21(2)12-16-15-6-4-5-7-17(15)24-19(16)20-18(22)13-8-10-14(23-3)11-9-13/h8-11H,4-7,12H2,1-3H3,(H,20,22). The van der Waals surface area contributed by atoms with Crippen LogP contribution in [0.3, 0.4) is 0 Å². The van der Waals surface area contributed by atoms with E-state index < -0.39 is 0 Å². The number of hydrogen-bond acceptors (Lipinski definition) is 4. The van der Waals surface area contributed by atoms with Gasteiger partial charge in [0.2, 0.25) is 0 Å². The number of ether oxygens (including phenoxy) is 1. The molecule has 24 heavy (non-hydrogen) atoms. The Morgan fingerprint density at radius 2 is 1.92 bits per heavy atom. The lowest BCUT2D eigenvalue weighted by Gasteiger charge is -2.16. The topological polar surface area (TPSA) is 41.6 Å². The van der Waals surface area contributed by atoms with E-state index in [2.05, 4.69) is 24.3 Å². The van der Waals surface area contributed by atoms with Gasteiger partial charge in [-0.25, -0.2) is 0 Å². The number of hydrogen-bond donors (Lipinski definition) is 1. The SMILES string of the molecule is COc1ccc(C(=O)Nc2sc3c(c2CN(C)C)CCCC3)cc1. The monoisotopic (exact) mass is 344 g/mol. The van der Waals surface area contributed by atoms with Crippen LogP contribution in [0.25, 0.3) is 0 Å². The predicted molar refractivity (Wildman–Crippen MR) is 99.3 cm³/mol. The highest BCUT2D eigenvalue weighted by Crippen LogP contribution is 2.38. The van der Waals surface area contributed by atoms with Crippen LogP contribution in [0.1, 0.15) is 39.2 Å². The predicted octanol–water partition coefficient (Wildman–Crippen LogP) is 3.95. The third-order valence-corrected chi connectivity index (χ3v) is 5.58. The first-order valence-electron chi connectivity index (χ1n) is 8.32. The zero-order valence-electron chi connectivity index (χ0n) is 14.5. The summed E-state index contributed by atoms with van der Waals surface area (Å²) in [6, 6.07) is 7.23. The molecule has 0 unspecified atom stereocenters. The lowest BCUT2D eigenvalue weighted by molar-refractivity contribution is 0.102. The van der Waals surface area contributed by atoms with Crippen molar-refractivity contribution in [3.63, 3.8) is 0 Å². The minimum Gasteiger partial charge on any atom is -0.497 e. The molecule has 0 radical (unpaired) electrons. The number of thiophene rings is 1. The summed E-state index contributed by atoms with van der Waals surface area (Å²) in [7, 11) is 5.77. The molecule has 0 bridgehead atoms. The summed E-state index contributed by atoms with van der Waals surface area (Å²) in [6.45, 7) is 0.865. The van der Waals surface area contributed by atoms with E-state index in [1.165, 1.54) is 28.8 Å². The maximum absolute atomic E-state index is 12.6. The molecule has 0 atom stereocenters. The van der Waals surface area contributed by atoms with Crippen LogP contribution in [-0.4, -0.2) is 32.0 Å². The van der Waals surface area contributed by atoms with Crippen molar-refractivity contribution in [3.8, 4) is 5.75 Å². The third kappa shape index (κ3) is 3.62. The van der Waals surface area contributed by atoms with Gasteiger partial charge in [0.1, 0.15) is 10.8 Å². The molecule has 1 amide bonds. The van der Waals surface area contributed by atoms with Gasteiger partial charge in [0.15, 0.2) is 0 Å². The molecule has 1 aromatic heterocycles. The molecule has 0 aliphatic heterocycles. The first kappa shape index (κ1) is 17.0. The van der Waals surface area contributed by atoms with Gasteiger partial charge >= 0.3 is 0 Å². The Hall–Kier alpha value is -1.85. The number of carbonyl (C=O) groups excluding carboxylic acids is 1. The lowest BCUT2D eigenvalue weighted by Crippen LogP contribution is -2.16. The van der Waals surface area contributed by atoms with E-state index in [0.717, 1.165) is 30.1 Å². The largest absolute Gasteiger partial charge is 0.497 e. The van der Waals surface area contributed by atoms with Gasteiger partial charge in [-0.1, -0.05) is 0 Å². The minimum atomic E-state index is -0.0590. The fourth-order valence-corrected chi connectivity index (χ4v) is 4.43. The molecule has 0 saturated heterocycles. The van der Waals surface area contributed by atoms with Crippen LogP contribution in [0, 0.1) is 0 Å². The maximum atomic E-state index is 12.6. The van der Waals surface area contributed by atoms with Crippen LogP contribution in [0.15, 0.2) is 24.3 Å². The highest BCUT2D eigenvalue weighted by atomic mass is 32.1. The van der Waals surface area contributed by atoms with E-state index in [0.29, 0.717) is 5.56 Å². The molecule has 5 heteroatoms. The Balaban J connectivity index is 1.85. The quantitative estimate of drug-likeness (QED) is 0.893. The summed E-state index contributed by atoms with van der Waals surface area (Å²) in [5, 5.41) is 4.15. The Morgan fingerprint density at radius 1 is 1.21 bits per heavy atom. The van der Waals surface area contributed by atoms with E-state index >= 15 is 0 Å². The van der Waals surface area contributed by atoms with E-state index in [9.17, 15) is 4.79 Å². The second-order valence-electron chi connectivity index (χ2n) is 6.44. The zero-order chi connectivity index (χ0) is 17.1. The molecule has 1 aliphatic carbocycles.